The predicted octanol–water partition coefficient (Wildman–Crippen LogP) is 2.83. The van der Waals surface area contributed by atoms with Crippen molar-refractivity contribution < 1.29 is 4.74 Å². The van der Waals surface area contributed by atoms with Crippen molar-refractivity contribution in [3.05, 3.63) is 0 Å². The van der Waals surface area contributed by atoms with Crippen LogP contribution in [0.25, 0.3) is 0 Å². The Morgan fingerprint density at radius 3 is 2.16 bits per heavy atom. The van der Waals surface area contributed by atoms with Crippen LogP contribution in [-0.2, 0) is 4.74 Å². The van der Waals surface area contributed by atoms with E-state index in [4.69, 9.17) is 10.5 Å². The molecule has 2 aliphatic rings. The Kier molecular flexibility index (Phi) is 3.57. The topological polar surface area (TPSA) is 47.3 Å². The van der Waals surface area contributed by atoms with Crippen molar-refractivity contribution in [3.63, 3.8) is 0 Å². The zero-order valence-electron chi connectivity index (χ0n) is 13.6. The van der Waals surface area contributed by atoms with Gasteiger partial charge in [0.25, 0.3) is 0 Å². The molecule has 1 saturated heterocycles. The van der Waals surface area contributed by atoms with Crippen LogP contribution >= 0.6 is 0 Å². The zero-order chi connectivity index (χ0) is 14.5. The summed E-state index contributed by atoms with van der Waals surface area (Å²) in [5, 5.41) is 3.89. The molecule has 0 aromatic carbocycles. The van der Waals surface area contributed by atoms with Crippen molar-refractivity contribution in [2.45, 2.75) is 90.0 Å². The Labute approximate surface area is 118 Å². The quantitative estimate of drug-likeness (QED) is 0.827. The maximum Gasteiger partial charge on any atom is 0.0828 e. The number of nitrogens with two attached hydrogens (primary N) is 1. The highest BCUT2D eigenvalue weighted by Crippen LogP contribution is 2.46. The van der Waals surface area contributed by atoms with Gasteiger partial charge in [0, 0.05) is 12.6 Å². The highest BCUT2D eigenvalue weighted by atomic mass is 16.5. The normalized spacial score (nSPS) is 39.6. The molecule has 1 aliphatic heterocycles. The monoisotopic (exact) mass is 268 g/mol. The van der Waals surface area contributed by atoms with E-state index in [1.54, 1.807) is 0 Å². The van der Waals surface area contributed by atoms with Crippen molar-refractivity contribution >= 4 is 0 Å². The molecule has 2 fully saturated rings. The van der Waals surface area contributed by atoms with Crippen LogP contribution in [0.15, 0.2) is 0 Å². The first-order valence-corrected chi connectivity index (χ1v) is 7.69. The molecule has 3 nitrogen and oxygen atoms in total. The van der Waals surface area contributed by atoms with E-state index < -0.39 is 0 Å². The van der Waals surface area contributed by atoms with Crippen molar-refractivity contribution in [2.75, 3.05) is 6.54 Å². The molecule has 0 radical (unpaired) electrons. The third-order valence-corrected chi connectivity index (χ3v) is 5.21. The van der Waals surface area contributed by atoms with E-state index in [1.165, 1.54) is 19.3 Å². The highest BCUT2D eigenvalue weighted by Gasteiger charge is 2.57. The average molecular weight is 268 g/mol. The van der Waals surface area contributed by atoms with Gasteiger partial charge in [0.2, 0.25) is 0 Å². The van der Waals surface area contributed by atoms with Crippen LogP contribution in [-0.4, -0.2) is 29.3 Å². The van der Waals surface area contributed by atoms with Gasteiger partial charge in [-0.3, -0.25) is 0 Å². The first-order valence-electron chi connectivity index (χ1n) is 7.69. The lowest BCUT2D eigenvalue weighted by Gasteiger charge is -2.42. The molecule has 2 atom stereocenters. The molecule has 1 saturated carbocycles. The Morgan fingerprint density at radius 2 is 1.79 bits per heavy atom. The summed E-state index contributed by atoms with van der Waals surface area (Å²) >= 11 is 0. The predicted molar refractivity (Wildman–Crippen MR) is 80.2 cm³/mol. The number of hydrogen-bond donors (Lipinski definition) is 2. The molecule has 1 heterocycles. The minimum Gasteiger partial charge on any atom is -0.368 e. The fourth-order valence-corrected chi connectivity index (χ4v) is 4.32. The molecule has 3 N–H and O–H groups in total. The van der Waals surface area contributed by atoms with Gasteiger partial charge in [0.15, 0.2) is 0 Å². The van der Waals surface area contributed by atoms with Crippen molar-refractivity contribution in [1.82, 2.24) is 5.32 Å². The first-order chi connectivity index (χ1) is 8.51. The van der Waals surface area contributed by atoms with Gasteiger partial charge in [-0.15, -0.1) is 0 Å². The lowest BCUT2D eigenvalue weighted by Crippen LogP contribution is -2.64. The second kappa shape index (κ2) is 4.44. The largest absolute Gasteiger partial charge is 0.368 e. The minimum atomic E-state index is -0.210. The van der Waals surface area contributed by atoms with Crippen LogP contribution in [0.5, 0.6) is 0 Å². The maximum absolute atomic E-state index is 6.26. The third kappa shape index (κ3) is 2.84. The van der Waals surface area contributed by atoms with Crippen LogP contribution in [0.1, 0.15) is 67.2 Å². The first kappa shape index (κ1) is 15.3. The molecule has 0 bridgehead atoms. The zero-order valence-corrected chi connectivity index (χ0v) is 13.6. The number of nitrogens with one attached hydrogen (secondary N) is 1. The molecule has 0 aromatic heterocycles. The van der Waals surface area contributed by atoms with E-state index in [0.717, 1.165) is 6.42 Å². The van der Waals surface area contributed by atoms with Crippen LogP contribution in [0.4, 0.5) is 0 Å². The summed E-state index contributed by atoms with van der Waals surface area (Å²) in [7, 11) is 0. The smallest absolute Gasteiger partial charge is 0.0828 e. The lowest BCUT2D eigenvalue weighted by molar-refractivity contribution is -0.0833. The Bertz CT molecular complexity index is 349. The molecule has 19 heavy (non-hydrogen) atoms. The summed E-state index contributed by atoms with van der Waals surface area (Å²) in [5.41, 5.74) is 6.23. The van der Waals surface area contributed by atoms with Gasteiger partial charge in [0.05, 0.1) is 16.7 Å². The lowest BCUT2D eigenvalue weighted by atomic mass is 9.78. The molecule has 112 valence electrons. The number of rotatable bonds is 3. The van der Waals surface area contributed by atoms with Gasteiger partial charge < -0.3 is 15.8 Å². The summed E-state index contributed by atoms with van der Waals surface area (Å²) in [6.45, 7) is 14.1. The van der Waals surface area contributed by atoms with E-state index in [1.807, 2.05) is 0 Å². The molecule has 0 aromatic rings. The molecule has 3 heteroatoms. The van der Waals surface area contributed by atoms with Crippen molar-refractivity contribution in [3.8, 4) is 0 Å². The SMILES string of the molecule is CC1(C)CCC(NC2(CN)CC(C)(C)OC2(C)C)C1. The molecule has 0 spiro atoms. The van der Waals surface area contributed by atoms with E-state index >= 15 is 0 Å². The molecule has 0 amide bonds. The van der Waals surface area contributed by atoms with Crippen LogP contribution in [0, 0.1) is 5.41 Å². The van der Waals surface area contributed by atoms with E-state index in [0.29, 0.717) is 18.0 Å². The third-order valence-electron chi connectivity index (χ3n) is 5.21. The fraction of sp³-hybridized carbons (Fsp3) is 1.00. The second-order valence-corrected chi connectivity index (χ2v) is 8.58. The summed E-state index contributed by atoms with van der Waals surface area (Å²) in [6.07, 6.45) is 4.78. The van der Waals surface area contributed by atoms with Gasteiger partial charge in [-0.25, -0.2) is 0 Å². The van der Waals surface area contributed by atoms with Gasteiger partial charge in [-0.05, 0) is 58.8 Å². The average Bonchev–Trinajstić information content (AvgIpc) is 2.62. The second-order valence-electron chi connectivity index (χ2n) is 8.58. The number of ether oxygens (including phenoxy) is 1. The fourth-order valence-electron chi connectivity index (χ4n) is 4.32. The van der Waals surface area contributed by atoms with Crippen LogP contribution < -0.4 is 11.1 Å². The Balaban J connectivity index is 2.15. The van der Waals surface area contributed by atoms with Gasteiger partial charge in [-0.2, -0.15) is 0 Å². The Hall–Kier alpha value is -0.120. The molecular formula is C16H32N2O. The summed E-state index contributed by atoms with van der Waals surface area (Å²) in [4.78, 5) is 0. The molecule has 2 rings (SSSR count). The summed E-state index contributed by atoms with van der Waals surface area (Å²) < 4.78 is 6.26. The minimum absolute atomic E-state index is 0.0933. The van der Waals surface area contributed by atoms with E-state index in [9.17, 15) is 0 Å². The summed E-state index contributed by atoms with van der Waals surface area (Å²) in [5.74, 6) is 0. The molecular weight excluding hydrogens is 236 g/mol. The van der Waals surface area contributed by atoms with Crippen LogP contribution in [0.2, 0.25) is 0 Å². The van der Waals surface area contributed by atoms with Gasteiger partial charge in [-0.1, -0.05) is 13.8 Å². The standard InChI is InChI=1S/C16H32N2O/c1-13(2)8-7-12(9-13)18-16(11-17)10-14(3,4)19-15(16,5)6/h12,18H,7-11,17H2,1-6H3. The van der Waals surface area contributed by atoms with Crippen LogP contribution in [0.3, 0.4) is 0 Å². The van der Waals surface area contributed by atoms with Crippen molar-refractivity contribution in [2.24, 2.45) is 11.1 Å². The van der Waals surface area contributed by atoms with Crippen molar-refractivity contribution in [1.29, 1.82) is 0 Å². The maximum atomic E-state index is 6.26. The molecule has 1 aliphatic carbocycles. The summed E-state index contributed by atoms with van der Waals surface area (Å²) in [6, 6.07) is 0.579. The molecule has 2 unspecified atom stereocenters. The van der Waals surface area contributed by atoms with Gasteiger partial charge in [0.1, 0.15) is 0 Å². The highest BCUT2D eigenvalue weighted by molar-refractivity contribution is 5.13. The van der Waals surface area contributed by atoms with E-state index in [2.05, 4.69) is 46.9 Å². The van der Waals surface area contributed by atoms with Gasteiger partial charge >= 0.3 is 0 Å². The Morgan fingerprint density at radius 1 is 1.16 bits per heavy atom. The van der Waals surface area contributed by atoms with E-state index in [-0.39, 0.29) is 16.7 Å². The number of hydrogen-bond acceptors (Lipinski definition) is 3.